The molecule has 0 fully saturated rings. The molecule has 1 aromatic heterocycles. The molecule has 0 aromatic carbocycles. The number of methoxy groups -OCH3 is 1. The van der Waals surface area contributed by atoms with Crippen LogP contribution >= 0.6 is 11.3 Å². The number of aromatic nitrogens is 1. The van der Waals surface area contributed by atoms with Crippen LogP contribution in [0.25, 0.3) is 11.1 Å². The minimum absolute atomic E-state index is 0.603. The zero-order valence-corrected chi connectivity index (χ0v) is 12.3. The summed E-state index contributed by atoms with van der Waals surface area (Å²) in [6.07, 6.45) is 5.26. The highest BCUT2D eigenvalue weighted by molar-refractivity contribution is 7.14. The van der Waals surface area contributed by atoms with Crippen LogP contribution in [0.1, 0.15) is 23.7 Å². The van der Waals surface area contributed by atoms with E-state index in [0.717, 1.165) is 26.6 Å². The predicted octanol–water partition coefficient (Wildman–Crippen LogP) is 3.74. The van der Waals surface area contributed by atoms with Gasteiger partial charge in [0.15, 0.2) is 5.76 Å². The number of ether oxygens (including phenoxy) is 1. The van der Waals surface area contributed by atoms with Crippen LogP contribution in [0.3, 0.4) is 0 Å². The van der Waals surface area contributed by atoms with Crippen molar-refractivity contribution in [2.45, 2.75) is 13.8 Å². The molecule has 0 aliphatic heterocycles. The van der Waals surface area contributed by atoms with Gasteiger partial charge in [-0.25, -0.2) is 4.98 Å². The van der Waals surface area contributed by atoms with Gasteiger partial charge in [0, 0.05) is 23.5 Å². The summed E-state index contributed by atoms with van der Waals surface area (Å²) >= 11 is 1.53. The van der Waals surface area contributed by atoms with Crippen molar-refractivity contribution >= 4 is 22.5 Å². The smallest absolute Gasteiger partial charge is 0.169 e. The number of allylic oxidation sites excluding steroid dienone is 4. The zero-order valence-electron chi connectivity index (χ0n) is 11.5. The van der Waals surface area contributed by atoms with Crippen molar-refractivity contribution < 1.29 is 4.74 Å². The minimum Gasteiger partial charge on any atom is -0.489 e. The summed E-state index contributed by atoms with van der Waals surface area (Å²) in [6, 6.07) is 0. The van der Waals surface area contributed by atoms with Crippen molar-refractivity contribution in [3.8, 4) is 0 Å². The van der Waals surface area contributed by atoms with E-state index in [2.05, 4.69) is 23.9 Å². The van der Waals surface area contributed by atoms with Crippen molar-refractivity contribution in [3.05, 3.63) is 58.6 Å². The fourth-order valence-electron chi connectivity index (χ4n) is 1.58. The molecule has 19 heavy (non-hydrogen) atoms. The first-order chi connectivity index (χ1) is 9.08. The molecule has 0 spiro atoms. The molecule has 0 saturated carbocycles. The standard InChI is InChI=1S/C15H18N2OS/c1-6-11(13(7-2)18-5)14-9-17-15(19-14)12(8-16)10(3)4/h6,8-9H,2-3,16H2,1,4-5H3/b11-6+,12-8-. The van der Waals surface area contributed by atoms with Crippen molar-refractivity contribution in [2.75, 3.05) is 7.11 Å². The zero-order chi connectivity index (χ0) is 14.4. The fourth-order valence-corrected chi connectivity index (χ4v) is 2.67. The molecule has 1 heterocycles. The van der Waals surface area contributed by atoms with Gasteiger partial charge in [-0.15, -0.1) is 11.3 Å². The monoisotopic (exact) mass is 274 g/mol. The molecule has 0 bridgehead atoms. The van der Waals surface area contributed by atoms with Crippen LogP contribution in [-0.4, -0.2) is 12.1 Å². The Hall–Kier alpha value is -2.03. The van der Waals surface area contributed by atoms with E-state index in [1.165, 1.54) is 17.5 Å². The molecule has 4 heteroatoms. The maximum absolute atomic E-state index is 5.61. The molecule has 0 amide bonds. The lowest BCUT2D eigenvalue weighted by molar-refractivity contribution is 0.312. The Kier molecular flexibility index (Phi) is 5.37. The first-order valence-corrected chi connectivity index (χ1v) is 6.55. The highest BCUT2D eigenvalue weighted by atomic mass is 32.1. The second-order valence-electron chi connectivity index (χ2n) is 3.80. The second-order valence-corrected chi connectivity index (χ2v) is 4.83. The van der Waals surface area contributed by atoms with Gasteiger partial charge in [0.25, 0.3) is 0 Å². The normalized spacial score (nSPS) is 11.9. The maximum atomic E-state index is 5.61. The summed E-state index contributed by atoms with van der Waals surface area (Å²) in [7, 11) is 1.60. The maximum Gasteiger partial charge on any atom is 0.169 e. The van der Waals surface area contributed by atoms with Crippen LogP contribution in [0.2, 0.25) is 0 Å². The van der Waals surface area contributed by atoms with Gasteiger partial charge in [0.05, 0.1) is 12.0 Å². The predicted molar refractivity (Wildman–Crippen MR) is 82.4 cm³/mol. The second kappa shape index (κ2) is 6.78. The van der Waals surface area contributed by atoms with E-state index in [1.807, 2.05) is 19.9 Å². The van der Waals surface area contributed by atoms with Gasteiger partial charge >= 0.3 is 0 Å². The lowest BCUT2D eigenvalue weighted by Crippen LogP contribution is -1.89. The van der Waals surface area contributed by atoms with E-state index < -0.39 is 0 Å². The van der Waals surface area contributed by atoms with E-state index in [4.69, 9.17) is 10.5 Å². The van der Waals surface area contributed by atoms with Crippen molar-refractivity contribution in [3.63, 3.8) is 0 Å². The number of hydrogen-bond donors (Lipinski definition) is 1. The fraction of sp³-hybridized carbons (Fsp3) is 0.200. The highest BCUT2D eigenvalue weighted by Gasteiger charge is 2.13. The van der Waals surface area contributed by atoms with Crippen LogP contribution in [0, 0.1) is 0 Å². The van der Waals surface area contributed by atoms with E-state index in [-0.39, 0.29) is 0 Å². The summed E-state index contributed by atoms with van der Waals surface area (Å²) in [4.78, 5) is 5.36. The van der Waals surface area contributed by atoms with Crippen LogP contribution in [0.5, 0.6) is 0 Å². The quantitative estimate of drug-likeness (QED) is 0.505. The Balaban J connectivity index is 3.23. The molecule has 0 radical (unpaired) electrons. The van der Waals surface area contributed by atoms with Crippen molar-refractivity contribution in [2.24, 2.45) is 5.73 Å². The summed E-state index contributed by atoms with van der Waals surface area (Å²) < 4.78 is 5.25. The van der Waals surface area contributed by atoms with Gasteiger partial charge in [-0.3, -0.25) is 0 Å². The van der Waals surface area contributed by atoms with Crippen LogP contribution in [0.15, 0.2) is 48.7 Å². The Morgan fingerprint density at radius 3 is 2.63 bits per heavy atom. The first-order valence-electron chi connectivity index (χ1n) is 5.74. The van der Waals surface area contributed by atoms with Crippen LogP contribution in [-0.2, 0) is 4.74 Å². The summed E-state index contributed by atoms with van der Waals surface area (Å²) in [5, 5.41) is 0.837. The van der Waals surface area contributed by atoms with Crippen molar-refractivity contribution in [1.82, 2.24) is 4.98 Å². The topological polar surface area (TPSA) is 48.1 Å². The molecule has 0 atom stereocenters. The number of nitrogens with zero attached hydrogens (tertiary/aromatic N) is 1. The van der Waals surface area contributed by atoms with E-state index in [9.17, 15) is 0 Å². The Morgan fingerprint density at radius 1 is 1.53 bits per heavy atom. The summed E-state index contributed by atoms with van der Waals surface area (Å²) in [5.41, 5.74) is 11.0. The third-order valence-electron chi connectivity index (χ3n) is 2.53. The average molecular weight is 274 g/mol. The molecule has 100 valence electrons. The molecule has 3 nitrogen and oxygen atoms in total. The van der Waals surface area contributed by atoms with Gasteiger partial charge in [-0.1, -0.05) is 25.0 Å². The Labute approximate surface area is 118 Å². The number of thiazole rings is 1. The Bertz CT molecular complexity index is 587. The van der Waals surface area contributed by atoms with Gasteiger partial charge in [-0.2, -0.15) is 0 Å². The molecule has 1 rings (SSSR count). The molecule has 0 saturated heterocycles. The van der Waals surface area contributed by atoms with E-state index in [1.54, 1.807) is 13.3 Å². The molecular weight excluding hydrogens is 256 g/mol. The third kappa shape index (κ3) is 3.25. The van der Waals surface area contributed by atoms with Gasteiger partial charge in [0.2, 0.25) is 0 Å². The van der Waals surface area contributed by atoms with Crippen LogP contribution < -0.4 is 5.73 Å². The first kappa shape index (κ1) is 15.0. The average Bonchev–Trinajstić information content (AvgIpc) is 2.85. The number of rotatable bonds is 5. The van der Waals surface area contributed by atoms with E-state index in [0.29, 0.717) is 5.76 Å². The number of nitrogens with two attached hydrogens (primary N) is 1. The lowest BCUT2D eigenvalue weighted by Gasteiger charge is -2.05. The molecule has 1 aromatic rings. The largest absolute Gasteiger partial charge is 0.489 e. The molecular formula is C15H18N2OS. The molecule has 0 aliphatic carbocycles. The van der Waals surface area contributed by atoms with Gasteiger partial charge in [-0.05, 0) is 19.4 Å². The van der Waals surface area contributed by atoms with Gasteiger partial charge in [0.1, 0.15) is 5.01 Å². The molecule has 2 N–H and O–H groups in total. The summed E-state index contributed by atoms with van der Waals surface area (Å²) in [5.74, 6) is 0.603. The summed E-state index contributed by atoms with van der Waals surface area (Å²) in [6.45, 7) is 11.4. The SMILES string of the molecule is C=C=C(OC)/C(=C\C)c1cnc(/C(=C\N)C(=C)C)s1. The molecule has 0 unspecified atom stereocenters. The lowest BCUT2D eigenvalue weighted by atomic mass is 10.1. The van der Waals surface area contributed by atoms with Crippen LogP contribution in [0.4, 0.5) is 0 Å². The highest BCUT2D eigenvalue weighted by Crippen LogP contribution is 2.32. The minimum atomic E-state index is 0.603. The number of hydrogen-bond acceptors (Lipinski definition) is 4. The third-order valence-corrected chi connectivity index (χ3v) is 3.59. The van der Waals surface area contributed by atoms with Gasteiger partial charge < -0.3 is 10.5 Å². The van der Waals surface area contributed by atoms with E-state index >= 15 is 0 Å². The molecule has 0 aliphatic rings. The Morgan fingerprint density at radius 2 is 2.21 bits per heavy atom. The van der Waals surface area contributed by atoms with Crippen molar-refractivity contribution in [1.29, 1.82) is 0 Å².